The number of benzene rings is 2. The molecule has 2 aromatic carbocycles. The van der Waals surface area contributed by atoms with Crippen molar-refractivity contribution in [2.24, 2.45) is 0 Å². The van der Waals surface area contributed by atoms with Crippen LogP contribution in [0.15, 0.2) is 54.6 Å². The van der Waals surface area contributed by atoms with Gasteiger partial charge in [-0.15, -0.1) is 0 Å². The fourth-order valence-corrected chi connectivity index (χ4v) is 3.30. The zero-order valence-electron chi connectivity index (χ0n) is 16.1. The van der Waals surface area contributed by atoms with E-state index in [1.807, 2.05) is 35.2 Å². The van der Waals surface area contributed by atoms with Gasteiger partial charge in [-0.25, -0.2) is 0 Å². The van der Waals surface area contributed by atoms with Gasteiger partial charge in [0.2, 0.25) is 11.8 Å². The first-order valence-corrected chi connectivity index (χ1v) is 9.40. The Balaban J connectivity index is 1.49. The standard InChI is InChI=1S/C22H27N3O2/c1-18(26)23(2)21-10-8-19(9-11-21)16-22(27)25-14-12-24(13-15-25)17-20-6-4-3-5-7-20/h3-11H,12-17H2,1-2H3. The van der Waals surface area contributed by atoms with Crippen LogP contribution in [0.3, 0.4) is 0 Å². The maximum Gasteiger partial charge on any atom is 0.227 e. The van der Waals surface area contributed by atoms with Crippen molar-refractivity contribution in [2.45, 2.75) is 19.9 Å². The number of amides is 2. The lowest BCUT2D eigenvalue weighted by Gasteiger charge is -2.34. The Kier molecular flexibility index (Phi) is 6.24. The SMILES string of the molecule is CC(=O)N(C)c1ccc(CC(=O)N2CCN(Cc3ccccc3)CC2)cc1. The van der Waals surface area contributed by atoms with E-state index in [1.165, 1.54) is 12.5 Å². The van der Waals surface area contributed by atoms with Gasteiger partial charge in [0.05, 0.1) is 6.42 Å². The molecule has 1 fully saturated rings. The van der Waals surface area contributed by atoms with Gasteiger partial charge in [-0.05, 0) is 23.3 Å². The van der Waals surface area contributed by atoms with Crippen LogP contribution in [0.4, 0.5) is 5.69 Å². The minimum atomic E-state index is -0.00722. The quantitative estimate of drug-likeness (QED) is 0.818. The largest absolute Gasteiger partial charge is 0.340 e. The second-order valence-corrected chi connectivity index (χ2v) is 7.06. The van der Waals surface area contributed by atoms with Crippen molar-refractivity contribution in [3.63, 3.8) is 0 Å². The first-order chi connectivity index (χ1) is 13.0. The summed E-state index contributed by atoms with van der Waals surface area (Å²) < 4.78 is 0. The first-order valence-electron chi connectivity index (χ1n) is 9.40. The van der Waals surface area contributed by atoms with Crippen molar-refractivity contribution in [1.82, 2.24) is 9.80 Å². The van der Waals surface area contributed by atoms with E-state index in [9.17, 15) is 9.59 Å². The molecule has 0 aromatic heterocycles. The summed E-state index contributed by atoms with van der Waals surface area (Å²) in [7, 11) is 1.75. The van der Waals surface area contributed by atoms with Gasteiger partial charge in [-0.1, -0.05) is 42.5 Å². The average molecular weight is 365 g/mol. The molecule has 5 nitrogen and oxygen atoms in total. The van der Waals surface area contributed by atoms with E-state index in [0.717, 1.165) is 44.0 Å². The van der Waals surface area contributed by atoms with Gasteiger partial charge in [-0.2, -0.15) is 0 Å². The summed E-state index contributed by atoms with van der Waals surface area (Å²) in [4.78, 5) is 30.0. The zero-order chi connectivity index (χ0) is 19.2. The zero-order valence-corrected chi connectivity index (χ0v) is 16.1. The maximum absolute atomic E-state index is 12.6. The third-order valence-electron chi connectivity index (χ3n) is 5.13. The highest BCUT2D eigenvalue weighted by Crippen LogP contribution is 2.15. The van der Waals surface area contributed by atoms with E-state index in [0.29, 0.717) is 6.42 Å². The number of carbonyl (C=O) groups excluding carboxylic acids is 2. The summed E-state index contributed by atoms with van der Waals surface area (Å²) >= 11 is 0. The number of carbonyl (C=O) groups is 2. The van der Waals surface area contributed by atoms with E-state index in [1.54, 1.807) is 11.9 Å². The van der Waals surface area contributed by atoms with E-state index < -0.39 is 0 Å². The monoisotopic (exact) mass is 365 g/mol. The van der Waals surface area contributed by atoms with Crippen LogP contribution in [0.25, 0.3) is 0 Å². The van der Waals surface area contributed by atoms with Crippen LogP contribution in [0.5, 0.6) is 0 Å². The van der Waals surface area contributed by atoms with Crippen LogP contribution in [-0.2, 0) is 22.6 Å². The Bertz CT molecular complexity index is 766. The molecule has 1 heterocycles. The highest BCUT2D eigenvalue weighted by atomic mass is 16.2. The molecule has 142 valence electrons. The molecule has 0 spiro atoms. The minimum absolute atomic E-state index is 0.00722. The summed E-state index contributed by atoms with van der Waals surface area (Å²) in [5, 5.41) is 0. The first kappa shape index (κ1) is 19.1. The van der Waals surface area contributed by atoms with Crippen LogP contribution in [0.2, 0.25) is 0 Å². The molecule has 1 aliphatic rings. The van der Waals surface area contributed by atoms with Crippen LogP contribution < -0.4 is 4.90 Å². The number of piperazine rings is 1. The molecule has 1 aliphatic heterocycles. The van der Waals surface area contributed by atoms with E-state index in [4.69, 9.17) is 0 Å². The Morgan fingerprint density at radius 3 is 2.11 bits per heavy atom. The minimum Gasteiger partial charge on any atom is -0.340 e. The molecule has 2 aromatic rings. The predicted molar refractivity (Wildman–Crippen MR) is 108 cm³/mol. The number of hydrogen-bond acceptors (Lipinski definition) is 3. The van der Waals surface area contributed by atoms with Gasteiger partial charge in [0.1, 0.15) is 0 Å². The van der Waals surface area contributed by atoms with Gasteiger partial charge in [0.25, 0.3) is 0 Å². The van der Waals surface area contributed by atoms with Crippen LogP contribution in [0, 0.1) is 0 Å². The Morgan fingerprint density at radius 1 is 0.889 bits per heavy atom. The lowest BCUT2D eigenvalue weighted by molar-refractivity contribution is -0.132. The molecule has 0 unspecified atom stereocenters. The molecule has 0 aliphatic carbocycles. The molecule has 0 saturated carbocycles. The van der Waals surface area contributed by atoms with Crippen molar-refractivity contribution in [3.8, 4) is 0 Å². The smallest absolute Gasteiger partial charge is 0.227 e. The van der Waals surface area contributed by atoms with Crippen molar-refractivity contribution in [1.29, 1.82) is 0 Å². The molecule has 5 heteroatoms. The molecule has 0 radical (unpaired) electrons. The number of nitrogens with zero attached hydrogens (tertiary/aromatic N) is 3. The number of anilines is 1. The third kappa shape index (κ3) is 5.17. The highest BCUT2D eigenvalue weighted by molar-refractivity contribution is 5.90. The molecule has 0 bridgehead atoms. The Labute approximate surface area is 161 Å². The van der Waals surface area contributed by atoms with E-state index in [2.05, 4.69) is 29.2 Å². The molecule has 0 atom stereocenters. The molecule has 1 saturated heterocycles. The van der Waals surface area contributed by atoms with Gasteiger partial charge in [0, 0.05) is 52.4 Å². The fourth-order valence-electron chi connectivity index (χ4n) is 3.30. The van der Waals surface area contributed by atoms with Crippen molar-refractivity contribution in [3.05, 3.63) is 65.7 Å². The summed E-state index contributed by atoms with van der Waals surface area (Å²) in [6.45, 7) is 5.84. The van der Waals surface area contributed by atoms with Gasteiger partial charge < -0.3 is 9.80 Å². The second kappa shape index (κ2) is 8.82. The Hall–Kier alpha value is -2.66. The topological polar surface area (TPSA) is 43.9 Å². The number of hydrogen-bond donors (Lipinski definition) is 0. The molecule has 2 amide bonds. The average Bonchev–Trinajstić information content (AvgIpc) is 2.69. The molecular formula is C22H27N3O2. The summed E-state index contributed by atoms with van der Waals surface area (Å²) in [5.41, 5.74) is 3.13. The number of rotatable bonds is 5. The summed E-state index contributed by atoms with van der Waals surface area (Å²) in [5.74, 6) is 0.161. The molecule has 3 rings (SSSR count). The van der Waals surface area contributed by atoms with E-state index in [-0.39, 0.29) is 11.8 Å². The van der Waals surface area contributed by atoms with Gasteiger partial charge in [0.15, 0.2) is 0 Å². The van der Waals surface area contributed by atoms with Gasteiger partial charge in [-0.3, -0.25) is 14.5 Å². The van der Waals surface area contributed by atoms with Crippen molar-refractivity contribution in [2.75, 3.05) is 38.1 Å². The molecule has 27 heavy (non-hydrogen) atoms. The lowest BCUT2D eigenvalue weighted by atomic mass is 10.1. The van der Waals surface area contributed by atoms with Crippen LogP contribution in [-0.4, -0.2) is 54.8 Å². The fraction of sp³-hybridized carbons (Fsp3) is 0.364. The molecule has 0 N–H and O–H groups in total. The second-order valence-electron chi connectivity index (χ2n) is 7.06. The van der Waals surface area contributed by atoms with E-state index >= 15 is 0 Å². The predicted octanol–water partition coefficient (Wildman–Crippen LogP) is 2.56. The van der Waals surface area contributed by atoms with Crippen molar-refractivity contribution >= 4 is 17.5 Å². The van der Waals surface area contributed by atoms with Crippen LogP contribution in [0.1, 0.15) is 18.1 Å². The highest BCUT2D eigenvalue weighted by Gasteiger charge is 2.21. The summed E-state index contributed by atoms with van der Waals surface area (Å²) in [6, 6.07) is 18.1. The summed E-state index contributed by atoms with van der Waals surface area (Å²) in [6.07, 6.45) is 0.406. The maximum atomic E-state index is 12.6. The van der Waals surface area contributed by atoms with Gasteiger partial charge >= 0.3 is 0 Å². The van der Waals surface area contributed by atoms with Crippen molar-refractivity contribution < 1.29 is 9.59 Å². The third-order valence-corrected chi connectivity index (χ3v) is 5.13. The van der Waals surface area contributed by atoms with Crippen LogP contribution >= 0.6 is 0 Å². The Morgan fingerprint density at radius 2 is 1.52 bits per heavy atom. The normalized spacial score (nSPS) is 14.8. The lowest BCUT2D eigenvalue weighted by Crippen LogP contribution is -2.48. The molecular weight excluding hydrogens is 338 g/mol.